The molecule has 0 aromatic carbocycles. The van der Waals surface area contributed by atoms with Gasteiger partial charge < -0.3 is 9.47 Å². The molecule has 0 N–H and O–H groups in total. The molecule has 1 unspecified atom stereocenters. The zero-order valence-electron chi connectivity index (χ0n) is 8.78. The van der Waals surface area contributed by atoms with Gasteiger partial charge in [0.1, 0.15) is 6.61 Å². The minimum atomic E-state index is 0.0424. The van der Waals surface area contributed by atoms with Crippen LogP contribution in [-0.4, -0.2) is 32.2 Å². The number of hydrogen-bond acceptors (Lipinski definition) is 4. The molecule has 0 bridgehead atoms. The number of rotatable bonds is 5. The molecule has 16 heavy (non-hydrogen) atoms. The van der Waals surface area contributed by atoms with Crippen molar-refractivity contribution in [2.45, 2.75) is 6.42 Å². The van der Waals surface area contributed by atoms with Gasteiger partial charge in [0.25, 0.3) is 0 Å². The van der Waals surface area contributed by atoms with Crippen LogP contribution in [0.2, 0.25) is 0 Å². The average Bonchev–Trinajstić information content (AvgIpc) is 2.88. The van der Waals surface area contributed by atoms with Crippen molar-refractivity contribution in [3.05, 3.63) is 20.8 Å². The van der Waals surface area contributed by atoms with Crippen LogP contribution in [0.25, 0.3) is 0 Å². The van der Waals surface area contributed by atoms with Crippen molar-refractivity contribution in [2.24, 2.45) is 5.92 Å². The average molecular weight is 305 g/mol. The van der Waals surface area contributed by atoms with Crippen molar-refractivity contribution in [3.63, 3.8) is 0 Å². The minimum Gasteiger partial charge on any atom is -0.381 e. The van der Waals surface area contributed by atoms with Crippen molar-refractivity contribution in [1.82, 2.24) is 0 Å². The molecule has 0 amide bonds. The van der Waals surface area contributed by atoms with Gasteiger partial charge in [-0.1, -0.05) is 0 Å². The number of ketones is 1. The fourth-order valence-electron chi connectivity index (χ4n) is 1.59. The molecule has 0 spiro atoms. The monoisotopic (exact) mass is 304 g/mol. The highest BCUT2D eigenvalue weighted by atomic mass is 79.9. The standard InChI is InChI=1S/C11H13BrO3S/c12-9-2-4-16-11(9)10(13)7-15-6-8-1-3-14-5-8/h2,4,8H,1,3,5-7H2. The normalized spacial score (nSPS) is 20.2. The minimum absolute atomic E-state index is 0.0424. The molecule has 0 aliphatic carbocycles. The number of carbonyl (C=O) groups excluding carboxylic acids is 1. The third-order valence-corrected chi connectivity index (χ3v) is 4.36. The SMILES string of the molecule is O=C(COCC1CCOC1)c1sccc1Br. The largest absolute Gasteiger partial charge is 0.381 e. The molecule has 2 heterocycles. The Morgan fingerprint density at radius 2 is 2.56 bits per heavy atom. The van der Waals surface area contributed by atoms with Crippen molar-refractivity contribution < 1.29 is 14.3 Å². The lowest BCUT2D eigenvalue weighted by Crippen LogP contribution is -2.14. The van der Waals surface area contributed by atoms with Gasteiger partial charge >= 0.3 is 0 Å². The van der Waals surface area contributed by atoms with Crippen LogP contribution in [0, 0.1) is 5.92 Å². The fraction of sp³-hybridized carbons (Fsp3) is 0.545. The zero-order chi connectivity index (χ0) is 11.4. The highest BCUT2D eigenvalue weighted by Gasteiger charge is 2.17. The Hall–Kier alpha value is -0.230. The Kier molecular flexibility index (Phi) is 4.52. The zero-order valence-corrected chi connectivity index (χ0v) is 11.2. The quantitative estimate of drug-likeness (QED) is 0.785. The summed E-state index contributed by atoms with van der Waals surface area (Å²) in [5.74, 6) is 0.500. The third kappa shape index (κ3) is 3.13. The van der Waals surface area contributed by atoms with E-state index in [1.807, 2.05) is 11.4 Å². The number of Topliss-reactive ketones (excluding diaryl/α,β-unsaturated/α-hetero) is 1. The van der Waals surface area contributed by atoms with Gasteiger partial charge in [-0.2, -0.15) is 0 Å². The van der Waals surface area contributed by atoms with E-state index in [0.29, 0.717) is 12.5 Å². The summed E-state index contributed by atoms with van der Waals surface area (Å²) in [7, 11) is 0. The molecule has 1 aliphatic rings. The number of halogens is 1. The van der Waals surface area contributed by atoms with E-state index in [4.69, 9.17) is 9.47 Å². The van der Waals surface area contributed by atoms with Gasteiger partial charge in [0.15, 0.2) is 5.78 Å². The molecule has 1 saturated heterocycles. The smallest absolute Gasteiger partial charge is 0.199 e. The number of thiophene rings is 1. The Balaban J connectivity index is 1.73. The second-order valence-electron chi connectivity index (χ2n) is 3.77. The van der Waals surface area contributed by atoms with Crippen LogP contribution in [0.15, 0.2) is 15.9 Å². The lowest BCUT2D eigenvalue weighted by atomic mass is 10.1. The summed E-state index contributed by atoms with van der Waals surface area (Å²) in [5, 5.41) is 1.89. The van der Waals surface area contributed by atoms with Crippen molar-refractivity contribution in [1.29, 1.82) is 0 Å². The Bertz CT molecular complexity index is 358. The topological polar surface area (TPSA) is 35.5 Å². The summed E-state index contributed by atoms with van der Waals surface area (Å²) in [6.45, 7) is 2.36. The second kappa shape index (κ2) is 5.91. The first-order valence-corrected chi connectivity index (χ1v) is 6.86. The predicted octanol–water partition coefficient (Wildman–Crippen LogP) is 2.75. The first kappa shape index (κ1) is 12.2. The fourth-order valence-corrected chi connectivity index (χ4v) is 3.11. The first-order valence-electron chi connectivity index (χ1n) is 5.19. The number of carbonyl (C=O) groups is 1. The molecule has 0 saturated carbocycles. The van der Waals surface area contributed by atoms with Crippen molar-refractivity contribution in [3.8, 4) is 0 Å². The number of hydrogen-bond donors (Lipinski definition) is 0. The van der Waals surface area contributed by atoms with E-state index in [9.17, 15) is 4.79 Å². The van der Waals surface area contributed by atoms with E-state index in [1.54, 1.807) is 0 Å². The van der Waals surface area contributed by atoms with Gasteiger partial charge in [-0.15, -0.1) is 11.3 Å². The van der Waals surface area contributed by atoms with Gasteiger partial charge in [-0.3, -0.25) is 4.79 Å². The molecule has 2 rings (SSSR count). The first-order chi connectivity index (χ1) is 7.77. The van der Waals surface area contributed by atoms with E-state index in [-0.39, 0.29) is 12.4 Å². The molecule has 1 atom stereocenters. The lowest BCUT2D eigenvalue weighted by Gasteiger charge is -2.07. The van der Waals surface area contributed by atoms with Gasteiger partial charge in [0.05, 0.1) is 18.1 Å². The summed E-state index contributed by atoms with van der Waals surface area (Å²) in [5.41, 5.74) is 0. The molecule has 3 nitrogen and oxygen atoms in total. The van der Waals surface area contributed by atoms with Crippen LogP contribution in [0.5, 0.6) is 0 Å². The highest BCUT2D eigenvalue weighted by molar-refractivity contribution is 9.10. The molecule has 1 fully saturated rings. The molecular formula is C11H13BrO3S. The van der Waals surface area contributed by atoms with E-state index in [2.05, 4.69) is 15.9 Å². The molecule has 88 valence electrons. The van der Waals surface area contributed by atoms with Crippen molar-refractivity contribution >= 4 is 33.0 Å². The third-order valence-electron chi connectivity index (χ3n) is 2.48. The van der Waals surface area contributed by atoms with E-state index < -0.39 is 0 Å². The van der Waals surface area contributed by atoms with Crippen LogP contribution in [0.4, 0.5) is 0 Å². The molecule has 0 radical (unpaired) electrons. The summed E-state index contributed by atoms with van der Waals surface area (Å²) >= 11 is 4.78. The van der Waals surface area contributed by atoms with E-state index in [0.717, 1.165) is 29.0 Å². The van der Waals surface area contributed by atoms with Crippen LogP contribution >= 0.6 is 27.3 Å². The van der Waals surface area contributed by atoms with Crippen LogP contribution in [0.3, 0.4) is 0 Å². The van der Waals surface area contributed by atoms with Gasteiger partial charge in [0.2, 0.25) is 0 Å². The van der Waals surface area contributed by atoms with Crippen LogP contribution < -0.4 is 0 Å². The van der Waals surface area contributed by atoms with Gasteiger partial charge in [0, 0.05) is 17.0 Å². The molecule has 5 heteroatoms. The van der Waals surface area contributed by atoms with Crippen LogP contribution in [-0.2, 0) is 9.47 Å². The van der Waals surface area contributed by atoms with E-state index in [1.165, 1.54) is 11.3 Å². The Morgan fingerprint density at radius 3 is 3.19 bits per heavy atom. The van der Waals surface area contributed by atoms with Crippen molar-refractivity contribution in [2.75, 3.05) is 26.4 Å². The molecule has 1 aromatic rings. The number of ether oxygens (including phenoxy) is 2. The van der Waals surface area contributed by atoms with E-state index >= 15 is 0 Å². The Labute approximate surface area is 107 Å². The van der Waals surface area contributed by atoms with Gasteiger partial charge in [-0.25, -0.2) is 0 Å². The lowest BCUT2D eigenvalue weighted by molar-refractivity contribution is 0.0654. The second-order valence-corrected chi connectivity index (χ2v) is 5.54. The summed E-state index contributed by atoms with van der Waals surface area (Å²) in [6, 6.07) is 1.88. The predicted molar refractivity (Wildman–Crippen MR) is 66.1 cm³/mol. The van der Waals surface area contributed by atoms with Crippen LogP contribution in [0.1, 0.15) is 16.1 Å². The Morgan fingerprint density at radius 1 is 1.69 bits per heavy atom. The molecular weight excluding hydrogens is 292 g/mol. The summed E-state index contributed by atoms with van der Waals surface area (Å²) in [6.07, 6.45) is 1.04. The summed E-state index contributed by atoms with van der Waals surface area (Å²) in [4.78, 5) is 12.5. The maximum atomic E-state index is 11.7. The maximum absolute atomic E-state index is 11.7. The van der Waals surface area contributed by atoms with Gasteiger partial charge in [-0.05, 0) is 33.8 Å². The molecule has 1 aliphatic heterocycles. The summed E-state index contributed by atoms with van der Waals surface area (Å²) < 4.78 is 11.5. The molecule has 1 aromatic heterocycles. The highest BCUT2D eigenvalue weighted by Crippen LogP contribution is 2.23. The maximum Gasteiger partial charge on any atom is 0.199 e.